The lowest BCUT2D eigenvalue weighted by atomic mass is 10.0. The Balaban J connectivity index is 1.58. The summed E-state index contributed by atoms with van der Waals surface area (Å²) in [6.07, 6.45) is 2.21. The Morgan fingerprint density at radius 1 is 1.30 bits per heavy atom. The molecule has 2 amide bonds. The molecule has 232 valence electrons. The number of hydrogen-bond donors (Lipinski definition) is 7. The Morgan fingerprint density at radius 2 is 2.02 bits per heavy atom. The van der Waals surface area contributed by atoms with E-state index in [9.17, 15) is 34.5 Å². The summed E-state index contributed by atoms with van der Waals surface area (Å²) >= 11 is 2.00. The average molecular weight is 640 g/mol. The smallest absolute Gasteiger partial charge is 0.352 e. The number of anilines is 2. The number of nitrogen functional groups attached to an aromatic ring is 2. The topological polar surface area (TPSA) is 278 Å². The van der Waals surface area contributed by atoms with Crippen LogP contribution in [0.5, 0.6) is 0 Å². The molecular formula is C23H31N10O8S2+. The van der Waals surface area contributed by atoms with E-state index in [1.165, 1.54) is 25.6 Å². The second-order valence-corrected chi connectivity index (χ2v) is 11.8. The van der Waals surface area contributed by atoms with Crippen LogP contribution in [0.3, 0.4) is 0 Å². The van der Waals surface area contributed by atoms with Gasteiger partial charge in [0.05, 0.1) is 12.2 Å². The predicted molar refractivity (Wildman–Crippen MR) is 152 cm³/mol. The van der Waals surface area contributed by atoms with Gasteiger partial charge >= 0.3 is 11.9 Å². The van der Waals surface area contributed by atoms with Crippen LogP contribution >= 0.6 is 23.3 Å². The van der Waals surface area contributed by atoms with E-state index < -0.39 is 46.5 Å². The van der Waals surface area contributed by atoms with Crippen LogP contribution < -0.4 is 27.2 Å². The molecule has 0 spiro atoms. The maximum atomic E-state index is 13.3. The van der Waals surface area contributed by atoms with E-state index in [1.54, 1.807) is 15.6 Å². The molecule has 1 saturated heterocycles. The minimum absolute atomic E-state index is 0.00500. The number of aliphatic carboxylic acids is 2. The number of fused-ring (bicyclic) bond motifs is 1. The van der Waals surface area contributed by atoms with E-state index in [0.717, 1.165) is 22.0 Å². The Kier molecular flexibility index (Phi) is 9.23. The van der Waals surface area contributed by atoms with E-state index in [4.69, 9.17) is 22.0 Å². The number of carbonyl (C=O) groups is 4. The number of carboxylic acids is 2. The normalized spacial score (nSPS) is 18.7. The van der Waals surface area contributed by atoms with Gasteiger partial charge < -0.3 is 42.7 Å². The maximum absolute atomic E-state index is 13.3. The number of oxime groups is 1. The summed E-state index contributed by atoms with van der Waals surface area (Å²) < 4.78 is 7.21. The number of β-lactam (4-membered cyclic amide) rings is 1. The minimum Gasteiger partial charge on any atom is -0.478 e. The highest BCUT2D eigenvalue weighted by molar-refractivity contribution is 8.00. The highest BCUT2D eigenvalue weighted by atomic mass is 32.2. The molecule has 0 saturated carbocycles. The molecule has 0 radical (unpaired) electrons. The molecule has 2 atom stereocenters. The molecule has 20 heteroatoms. The van der Waals surface area contributed by atoms with E-state index in [1.807, 2.05) is 0 Å². The zero-order valence-electron chi connectivity index (χ0n) is 23.1. The van der Waals surface area contributed by atoms with E-state index in [-0.39, 0.29) is 42.1 Å². The first kappa shape index (κ1) is 31.7. The van der Waals surface area contributed by atoms with Crippen LogP contribution in [0.2, 0.25) is 0 Å². The van der Waals surface area contributed by atoms with Crippen molar-refractivity contribution in [2.45, 2.75) is 50.4 Å². The van der Waals surface area contributed by atoms with Gasteiger partial charge in [0.25, 0.3) is 11.8 Å². The van der Waals surface area contributed by atoms with Crippen LogP contribution in [-0.4, -0.2) is 99.6 Å². The molecule has 2 aliphatic heterocycles. The number of aliphatic hydroxyl groups is 1. The number of carboxylic acid groups (broad SMARTS) is 2. The fourth-order valence-electron chi connectivity index (χ4n) is 4.37. The molecule has 0 aliphatic carbocycles. The summed E-state index contributed by atoms with van der Waals surface area (Å²) in [5.41, 5.74) is 16.1. The van der Waals surface area contributed by atoms with Gasteiger partial charge in [0.15, 0.2) is 17.5 Å². The predicted octanol–water partition coefficient (Wildman–Crippen LogP) is -2.69. The number of aliphatic hydroxyl groups excluding tert-OH is 1. The van der Waals surface area contributed by atoms with Gasteiger partial charge in [0, 0.05) is 22.9 Å². The van der Waals surface area contributed by atoms with Gasteiger partial charge in [-0.1, -0.05) is 5.16 Å². The maximum Gasteiger partial charge on any atom is 0.352 e. The first-order valence-corrected chi connectivity index (χ1v) is 14.6. The van der Waals surface area contributed by atoms with Crippen molar-refractivity contribution in [1.29, 1.82) is 0 Å². The van der Waals surface area contributed by atoms with Crippen molar-refractivity contribution in [1.82, 2.24) is 24.3 Å². The van der Waals surface area contributed by atoms with Gasteiger partial charge in [-0.2, -0.15) is 9.36 Å². The van der Waals surface area contributed by atoms with Crippen molar-refractivity contribution in [2.75, 3.05) is 30.4 Å². The number of nitrogens with two attached hydrogens (primary N) is 3. The molecule has 2 aromatic heterocycles. The molecular weight excluding hydrogens is 608 g/mol. The molecule has 4 rings (SSSR count). The van der Waals surface area contributed by atoms with Gasteiger partial charge in [-0.3, -0.25) is 14.5 Å². The summed E-state index contributed by atoms with van der Waals surface area (Å²) in [4.78, 5) is 60.3. The molecule has 0 bridgehead atoms. The van der Waals surface area contributed by atoms with Gasteiger partial charge in [0.1, 0.15) is 23.7 Å². The second kappa shape index (κ2) is 12.5. The Hall–Kier alpha value is -4.27. The third kappa shape index (κ3) is 6.26. The van der Waals surface area contributed by atoms with Gasteiger partial charge in [0.2, 0.25) is 23.3 Å². The lowest BCUT2D eigenvalue weighted by molar-refractivity contribution is -0.767. The number of thioether (sulfide) groups is 1. The number of carbonyl (C=O) groups excluding carboxylic acids is 2. The molecule has 0 aromatic carbocycles. The third-order valence-corrected chi connectivity index (χ3v) is 8.47. The molecule has 2 aromatic rings. The quantitative estimate of drug-likeness (QED) is 0.0509. The Labute approximate surface area is 252 Å². The minimum atomic E-state index is -1.81. The first-order chi connectivity index (χ1) is 20.3. The van der Waals surface area contributed by atoms with Crippen LogP contribution in [0, 0.1) is 0 Å². The summed E-state index contributed by atoms with van der Waals surface area (Å²) in [7, 11) is 0. The molecule has 1 fully saturated rings. The third-order valence-electron chi connectivity index (χ3n) is 6.59. The van der Waals surface area contributed by atoms with Crippen molar-refractivity contribution in [3.8, 4) is 0 Å². The van der Waals surface area contributed by atoms with E-state index >= 15 is 0 Å². The van der Waals surface area contributed by atoms with Crippen LogP contribution in [0.4, 0.5) is 10.9 Å². The second-order valence-electron chi connectivity index (χ2n) is 9.94. The number of hydrogen-bond acceptors (Lipinski definition) is 14. The number of aromatic nitrogens is 4. The van der Waals surface area contributed by atoms with Crippen molar-refractivity contribution in [2.24, 2.45) is 10.9 Å². The Morgan fingerprint density at radius 3 is 2.60 bits per heavy atom. The monoisotopic (exact) mass is 639 g/mol. The van der Waals surface area contributed by atoms with Crippen LogP contribution in [0.15, 0.2) is 22.6 Å². The van der Waals surface area contributed by atoms with Crippen molar-refractivity contribution in [3.05, 3.63) is 28.9 Å². The number of rotatable bonds is 13. The summed E-state index contributed by atoms with van der Waals surface area (Å²) in [5, 5.41) is 34.3. The summed E-state index contributed by atoms with van der Waals surface area (Å²) in [5.74, 6) is -3.97. The average Bonchev–Trinajstić information content (AvgIpc) is 3.50. The fraction of sp³-hybridized carbons (Fsp3) is 0.478. The van der Waals surface area contributed by atoms with E-state index in [0.29, 0.717) is 24.4 Å². The standard InChI is InChI=1S/C23H30N10O8S2/c1-23(2,21(39)40)41-29-12(16-28-22(26)43-30-16)17(35)27-13-18(36)33-14(20(37)38)11(9-42-19(13)33)8-31-7-10(3-4-24)15(25)32(31)5-6-34/h7,13,19,25,34H,3-6,8-9,24H2,1-2H3,(H5,26,27,28,30,35,37,38,39,40)/p+1/b29-12-/t13-,19-/m1/s1. The lowest BCUT2D eigenvalue weighted by Gasteiger charge is -2.49. The SMILES string of the molecule is CC(C)(O/N=C(\C(=O)N[C@@H]1C(=O)N2C(C(=O)O)=C(C[n+]3cc(CCN)c(N)n3CCO)CS[C@H]12)c1nsc(N)n1)C(=O)O. The van der Waals surface area contributed by atoms with Crippen molar-refractivity contribution < 1.29 is 44.0 Å². The van der Waals surface area contributed by atoms with E-state index in [2.05, 4.69) is 19.8 Å². The summed E-state index contributed by atoms with van der Waals surface area (Å²) in [6.45, 7) is 2.80. The molecule has 43 heavy (non-hydrogen) atoms. The van der Waals surface area contributed by atoms with Crippen molar-refractivity contribution >= 4 is 63.7 Å². The number of amides is 2. The van der Waals surface area contributed by atoms with Crippen LogP contribution in [0.25, 0.3) is 0 Å². The summed E-state index contributed by atoms with van der Waals surface area (Å²) in [6, 6.07) is -1.14. The first-order valence-electron chi connectivity index (χ1n) is 12.8. The molecule has 0 unspecified atom stereocenters. The van der Waals surface area contributed by atoms with Gasteiger partial charge in [-0.25, -0.2) is 9.59 Å². The van der Waals surface area contributed by atoms with Gasteiger partial charge in [-0.15, -0.1) is 21.1 Å². The molecule has 2 aliphatic rings. The highest BCUT2D eigenvalue weighted by Gasteiger charge is 2.55. The van der Waals surface area contributed by atoms with Crippen LogP contribution in [0.1, 0.15) is 25.2 Å². The largest absolute Gasteiger partial charge is 0.478 e. The number of nitrogens with zero attached hydrogens (tertiary/aromatic N) is 6. The van der Waals surface area contributed by atoms with Gasteiger partial charge in [-0.05, 0) is 26.8 Å². The van der Waals surface area contributed by atoms with Crippen molar-refractivity contribution in [3.63, 3.8) is 0 Å². The molecule has 10 N–H and O–H groups in total. The zero-order chi connectivity index (χ0) is 31.6. The Bertz CT molecular complexity index is 1520. The fourth-order valence-corrected chi connectivity index (χ4v) is 6.14. The molecule has 18 nitrogen and oxygen atoms in total. The highest BCUT2D eigenvalue weighted by Crippen LogP contribution is 2.40. The lowest BCUT2D eigenvalue weighted by Crippen LogP contribution is -2.71. The number of nitrogens with one attached hydrogen (secondary N) is 1. The van der Waals surface area contributed by atoms with Crippen LogP contribution in [-0.2, 0) is 43.5 Å². The molecule has 4 heterocycles. The zero-order valence-corrected chi connectivity index (χ0v) is 24.7.